The Morgan fingerprint density at radius 1 is 1.30 bits per heavy atom. The number of nitrogens with one attached hydrogen (secondary N) is 2. The molecule has 3 N–H and O–H groups in total. The molecule has 1 aliphatic carbocycles. The maximum atomic E-state index is 11.7. The van der Waals surface area contributed by atoms with Crippen molar-refractivity contribution in [1.82, 2.24) is 10.6 Å². The molecule has 1 rings (SSSR count). The molecule has 0 aromatic carbocycles. The maximum absolute atomic E-state index is 11.7. The summed E-state index contributed by atoms with van der Waals surface area (Å²) in [5.41, 5.74) is 0. The van der Waals surface area contributed by atoms with Gasteiger partial charge in [0.15, 0.2) is 0 Å². The quantitative estimate of drug-likeness (QED) is 0.701. The largest absolute Gasteiger partial charge is 0.480 e. The molecule has 116 valence electrons. The molecular weight excluding hydrogens is 256 g/mol. The van der Waals surface area contributed by atoms with Crippen molar-refractivity contribution < 1.29 is 14.7 Å². The van der Waals surface area contributed by atoms with Gasteiger partial charge in [0.2, 0.25) is 0 Å². The molecule has 1 fully saturated rings. The van der Waals surface area contributed by atoms with Gasteiger partial charge in [-0.15, -0.1) is 0 Å². The fourth-order valence-electron chi connectivity index (χ4n) is 2.92. The number of carbonyl (C=O) groups excluding carboxylic acids is 1. The van der Waals surface area contributed by atoms with E-state index in [-0.39, 0.29) is 11.9 Å². The van der Waals surface area contributed by atoms with E-state index in [0.29, 0.717) is 12.5 Å². The van der Waals surface area contributed by atoms with Crippen LogP contribution in [0.3, 0.4) is 0 Å². The summed E-state index contributed by atoms with van der Waals surface area (Å²) in [5.74, 6) is 0.369. The molecule has 0 aliphatic heterocycles. The fraction of sp³-hybridized carbons (Fsp3) is 0.867. The van der Waals surface area contributed by atoms with E-state index in [1.807, 2.05) is 0 Å². The molecule has 5 heteroatoms. The summed E-state index contributed by atoms with van der Waals surface area (Å²) in [4.78, 5) is 22.7. The van der Waals surface area contributed by atoms with Gasteiger partial charge in [0.05, 0.1) is 0 Å². The van der Waals surface area contributed by atoms with E-state index >= 15 is 0 Å². The normalized spacial score (nSPS) is 24.2. The van der Waals surface area contributed by atoms with Gasteiger partial charge in [0.25, 0.3) is 0 Å². The molecule has 0 heterocycles. The van der Waals surface area contributed by atoms with Crippen molar-refractivity contribution in [1.29, 1.82) is 0 Å². The van der Waals surface area contributed by atoms with Gasteiger partial charge in [-0.1, -0.05) is 40.0 Å². The van der Waals surface area contributed by atoms with Gasteiger partial charge in [-0.05, 0) is 30.6 Å². The van der Waals surface area contributed by atoms with E-state index in [1.165, 1.54) is 25.7 Å². The van der Waals surface area contributed by atoms with Crippen LogP contribution in [0, 0.1) is 17.8 Å². The summed E-state index contributed by atoms with van der Waals surface area (Å²) < 4.78 is 0. The zero-order chi connectivity index (χ0) is 15.1. The van der Waals surface area contributed by atoms with Crippen molar-refractivity contribution in [3.63, 3.8) is 0 Å². The summed E-state index contributed by atoms with van der Waals surface area (Å²) in [6.07, 6.45) is 6.08. The van der Waals surface area contributed by atoms with Crippen LogP contribution < -0.4 is 10.6 Å². The van der Waals surface area contributed by atoms with Gasteiger partial charge in [-0.25, -0.2) is 9.59 Å². The Hall–Kier alpha value is -1.26. The summed E-state index contributed by atoms with van der Waals surface area (Å²) in [6.45, 7) is 6.46. The number of carboxylic acid groups (broad SMARTS) is 1. The predicted molar refractivity (Wildman–Crippen MR) is 78.5 cm³/mol. The van der Waals surface area contributed by atoms with Crippen molar-refractivity contribution in [2.75, 3.05) is 6.54 Å². The molecule has 0 bridgehead atoms. The predicted octanol–water partition coefficient (Wildman–Crippen LogP) is 2.61. The first kappa shape index (κ1) is 16.8. The minimum atomic E-state index is -0.990. The number of aliphatic carboxylic acids is 1. The first-order valence-corrected chi connectivity index (χ1v) is 7.67. The van der Waals surface area contributed by atoms with E-state index in [1.54, 1.807) is 13.8 Å². The third-order valence-electron chi connectivity index (χ3n) is 4.10. The highest BCUT2D eigenvalue weighted by Gasteiger charge is 2.23. The molecular formula is C15H28N2O3. The Morgan fingerprint density at radius 3 is 2.55 bits per heavy atom. The summed E-state index contributed by atoms with van der Waals surface area (Å²) in [5, 5.41) is 14.3. The number of carboxylic acids is 1. The fourth-order valence-corrected chi connectivity index (χ4v) is 2.92. The SMILES string of the molecule is CC1CCCC(CCNC(=O)N[C@H](C(=O)O)C(C)C)C1. The molecule has 2 unspecified atom stereocenters. The van der Waals surface area contributed by atoms with E-state index in [2.05, 4.69) is 17.6 Å². The first-order valence-electron chi connectivity index (χ1n) is 7.67. The molecule has 3 atom stereocenters. The van der Waals surface area contributed by atoms with Crippen molar-refractivity contribution >= 4 is 12.0 Å². The molecule has 2 amide bonds. The van der Waals surface area contributed by atoms with Crippen LogP contribution in [0.5, 0.6) is 0 Å². The zero-order valence-electron chi connectivity index (χ0n) is 12.8. The van der Waals surface area contributed by atoms with E-state index in [9.17, 15) is 9.59 Å². The number of hydrogen-bond donors (Lipinski definition) is 3. The third-order valence-corrected chi connectivity index (χ3v) is 4.10. The average molecular weight is 284 g/mol. The molecule has 1 saturated carbocycles. The Kier molecular flexibility index (Phi) is 6.82. The Morgan fingerprint density at radius 2 is 2.00 bits per heavy atom. The number of hydrogen-bond acceptors (Lipinski definition) is 2. The van der Waals surface area contributed by atoms with Gasteiger partial charge in [0.1, 0.15) is 6.04 Å². The molecule has 5 nitrogen and oxygen atoms in total. The van der Waals surface area contributed by atoms with Gasteiger partial charge in [-0.2, -0.15) is 0 Å². The summed E-state index contributed by atoms with van der Waals surface area (Å²) in [7, 11) is 0. The highest BCUT2D eigenvalue weighted by molar-refractivity contribution is 5.82. The minimum Gasteiger partial charge on any atom is -0.480 e. The Bertz CT molecular complexity index is 331. The van der Waals surface area contributed by atoms with Crippen molar-refractivity contribution in [2.24, 2.45) is 17.8 Å². The van der Waals surface area contributed by atoms with Gasteiger partial charge in [-0.3, -0.25) is 0 Å². The molecule has 0 aromatic rings. The van der Waals surface area contributed by atoms with Gasteiger partial charge < -0.3 is 15.7 Å². The smallest absolute Gasteiger partial charge is 0.326 e. The lowest BCUT2D eigenvalue weighted by atomic mass is 9.81. The molecule has 0 spiro atoms. The van der Waals surface area contributed by atoms with Crippen LogP contribution >= 0.6 is 0 Å². The topological polar surface area (TPSA) is 78.4 Å². The van der Waals surface area contributed by atoms with E-state index in [4.69, 9.17) is 5.11 Å². The Balaban J connectivity index is 2.24. The first-order chi connectivity index (χ1) is 9.40. The summed E-state index contributed by atoms with van der Waals surface area (Å²) >= 11 is 0. The lowest BCUT2D eigenvalue weighted by Gasteiger charge is -2.26. The monoisotopic (exact) mass is 284 g/mol. The summed E-state index contributed by atoms with van der Waals surface area (Å²) in [6, 6.07) is -1.21. The standard InChI is InChI=1S/C15H28N2O3/c1-10(2)13(14(18)19)17-15(20)16-8-7-12-6-4-5-11(3)9-12/h10-13H,4-9H2,1-3H3,(H,18,19)(H2,16,17,20)/t11?,12?,13-/m0/s1. The van der Waals surface area contributed by atoms with Crippen LogP contribution in [0.4, 0.5) is 4.79 Å². The van der Waals surface area contributed by atoms with E-state index in [0.717, 1.165) is 12.3 Å². The number of urea groups is 1. The molecule has 0 aromatic heterocycles. The highest BCUT2D eigenvalue weighted by Crippen LogP contribution is 2.30. The number of rotatable bonds is 6. The van der Waals surface area contributed by atoms with Crippen LogP contribution in [-0.2, 0) is 4.79 Å². The lowest BCUT2D eigenvalue weighted by molar-refractivity contribution is -0.140. The second kappa shape index (κ2) is 8.12. The second-order valence-electron chi connectivity index (χ2n) is 6.39. The molecule has 0 saturated heterocycles. The second-order valence-corrected chi connectivity index (χ2v) is 6.39. The van der Waals surface area contributed by atoms with Crippen LogP contribution in [0.1, 0.15) is 52.9 Å². The third kappa shape index (κ3) is 5.80. The molecule has 0 radical (unpaired) electrons. The van der Waals surface area contributed by atoms with Crippen LogP contribution in [0.25, 0.3) is 0 Å². The van der Waals surface area contributed by atoms with E-state index < -0.39 is 12.0 Å². The number of amides is 2. The Labute approximate surface area is 121 Å². The maximum Gasteiger partial charge on any atom is 0.326 e. The number of carbonyl (C=O) groups is 2. The van der Waals surface area contributed by atoms with Crippen LogP contribution in [-0.4, -0.2) is 29.7 Å². The van der Waals surface area contributed by atoms with Gasteiger partial charge in [0, 0.05) is 6.54 Å². The molecule has 20 heavy (non-hydrogen) atoms. The van der Waals surface area contributed by atoms with Gasteiger partial charge >= 0.3 is 12.0 Å². The minimum absolute atomic E-state index is 0.127. The zero-order valence-corrected chi connectivity index (χ0v) is 12.8. The van der Waals surface area contributed by atoms with Crippen molar-refractivity contribution in [2.45, 2.75) is 58.9 Å². The lowest BCUT2D eigenvalue weighted by Crippen LogP contribution is -2.48. The van der Waals surface area contributed by atoms with Crippen LogP contribution in [0.2, 0.25) is 0 Å². The van der Waals surface area contributed by atoms with Crippen molar-refractivity contribution in [3.05, 3.63) is 0 Å². The highest BCUT2D eigenvalue weighted by atomic mass is 16.4. The van der Waals surface area contributed by atoms with Crippen molar-refractivity contribution in [3.8, 4) is 0 Å². The average Bonchev–Trinajstić information content (AvgIpc) is 2.35. The van der Waals surface area contributed by atoms with Crippen LogP contribution in [0.15, 0.2) is 0 Å². The molecule has 1 aliphatic rings.